The normalized spacial score (nSPS) is 15.2. The molecule has 0 bridgehead atoms. The minimum atomic E-state index is -0.708. The van der Waals surface area contributed by atoms with Crippen LogP contribution >= 0.6 is 0 Å². The van der Waals surface area contributed by atoms with Gasteiger partial charge in [-0.3, -0.25) is 19.2 Å². The summed E-state index contributed by atoms with van der Waals surface area (Å²) in [5, 5.41) is 2.58. The third-order valence-corrected chi connectivity index (χ3v) is 5.14. The van der Waals surface area contributed by atoms with E-state index >= 15 is 0 Å². The van der Waals surface area contributed by atoms with Crippen molar-refractivity contribution in [3.05, 3.63) is 59.7 Å². The molecular formula is C25H26N2O7. The number of nitrogens with one attached hydrogen (secondary N) is 1. The van der Waals surface area contributed by atoms with Gasteiger partial charge < -0.3 is 19.7 Å². The molecule has 1 N–H and O–H groups in total. The second kappa shape index (κ2) is 10.7. The quantitative estimate of drug-likeness (QED) is 0.469. The fourth-order valence-corrected chi connectivity index (χ4v) is 3.41. The number of carbonyl (C=O) groups excluding carboxylic acids is 5. The maximum atomic E-state index is 12.4. The van der Waals surface area contributed by atoms with E-state index in [-0.39, 0.29) is 30.8 Å². The molecule has 0 radical (unpaired) electrons. The molecule has 1 aliphatic rings. The molecule has 1 atom stereocenters. The number of anilines is 2. The van der Waals surface area contributed by atoms with Crippen LogP contribution in [0.3, 0.4) is 0 Å². The zero-order valence-electron chi connectivity index (χ0n) is 19.2. The van der Waals surface area contributed by atoms with Gasteiger partial charge in [0.15, 0.2) is 12.4 Å². The Labute approximate surface area is 197 Å². The molecule has 1 fully saturated rings. The van der Waals surface area contributed by atoms with E-state index in [1.54, 1.807) is 62.4 Å². The Balaban J connectivity index is 1.51. The molecule has 0 spiro atoms. The average molecular weight is 466 g/mol. The lowest BCUT2D eigenvalue weighted by Gasteiger charge is -2.17. The zero-order valence-corrected chi connectivity index (χ0v) is 19.2. The van der Waals surface area contributed by atoms with Gasteiger partial charge in [0.2, 0.25) is 5.91 Å². The minimum Gasteiger partial charge on any atom is -0.459 e. The van der Waals surface area contributed by atoms with Gasteiger partial charge >= 0.3 is 11.9 Å². The van der Waals surface area contributed by atoms with Crippen LogP contribution in [-0.4, -0.2) is 48.8 Å². The van der Waals surface area contributed by atoms with Crippen molar-refractivity contribution in [3.63, 3.8) is 0 Å². The van der Waals surface area contributed by atoms with Gasteiger partial charge in [0.1, 0.15) is 0 Å². The third-order valence-electron chi connectivity index (χ3n) is 5.14. The van der Waals surface area contributed by atoms with Gasteiger partial charge in [-0.25, -0.2) is 4.79 Å². The topological polar surface area (TPSA) is 119 Å². The van der Waals surface area contributed by atoms with Gasteiger partial charge in [0, 0.05) is 29.9 Å². The molecular weight excluding hydrogens is 440 g/mol. The Morgan fingerprint density at radius 2 is 1.62 bits per heavy atom. The molecule has 178 valence electrons. The third kappa shape index (κ3) is 6.28. The first-order valence-corrected chi connectivity index (χ1v) is 10.8. The van der Waals surface area contributed by atoms with Crippen LogP contribution in [0, 0.1) is 5.92 Å². The number of ether oxygens (including phenoxy) is 2. The molecule has 2 aromatic rings. The summed E-state index contributed by atoms with van der Waals surface area (Å²) in [5.41, 5.74) is 1.90. The fraction of sp³-hybridized carbons (Fsp3) is 0.320. The highest BCUT2D eigenvalue weighted by Gasteiger charge is 2.36. The lowest BCUT2D eigenvalue weighted by Crippen LogP contribution is -2.28. The molecule has 2 amide bonds. The SMILES string of the molecule is CC(=O)c1ccc(NC(=O)COC(=O)[C@@H]2CC(=O)N(c3ccc(C(=O)OC(C)C)cc3)C2)cc1. The highest BCUT2D eigenvalue weighted by Crippen LogP contribution is 2.26. The summed E-state index contributed by atoms with van der Waals surface area (Å²) in [6.07, 6.45) is -0.280. The number of hydrogen-bond acceptors (Lipinski definition) is 7. The number of rotatable bonds is 8. The summed E-state index contributed by atoms with van der Waals surface area (Å²) in [7, 11) is 0. The second-order valence-corrected chi connectivity index (χ2v) is 8.20. The standard InChI is InChI=1S/C25H26N2O7/c1-15(2)34-25(32)18-6-10-21(11-7-18)27-13-19(12-23(27)30)24(31)33-14-22(29)26-20-8-4-17(5-9-20)16(3)28/h4-11,15,19H,12-14H2,1-3H3,(H,26,29)/t19-/m1/s1. The number of ketones is 1. The molecule has 1 aliphatic heterocycles. The van der Waals surface area contributed by atoms with E-state index in [4.69, 9.17) is 9.47 Å². The summed E-state index contributed by atoms with van der Waals surface area (Å²) in [5.74, 6) is -2.68. The van der Waals surface area contributed by atoms with E-state index in [0.717, 1.165) is 0 Å². The van der Waals surface area contributed by atoms with Crippen LogP contribution in [0.25, 0.3) is 0 Å². The number of carbonyl (C=O) groups is 5. The summed E-state index contributed by atoms with van der Waals surface area (Å²) in [6, 6.07) is 12.7. The van der Waals surface area contributed by atoms with Gasteiger partial charge in [-0.15, -0.1) is 0 Å². The van der Waals surface area contributed by atoms with Crippen molar-refractivity contribution in [2.45, 2.75) is 33.3 Å². The Morgan fingerprint density at radius 3 is 2.21 bits per heavy atom. The van der Waals surface area contributed by atoms with Crippen molar-refractivity contribution in [2.24, 2.45) is 5.92 Å². The molecule has 0 aliphatic carbocycles. The van der Waals surface area contributed by atoms with Crippen molar-refractivity contribution < 1.29 is 33.4 Å². The Kier molecular flexibility index (Phi) is 7.78. The van der Waals surface area contributed by atoms with Crippen LogP contribution < -0.4 is 10.2 Å². The lowest BCUT2D eigenvalue weighted by atomic mass is 10.1. The van der Waals surface area contributed by atoms with Crippen molar-refractivity contribution in [1.82, 2.24) is 0 Å². The molecule has 1 saturated heterocycles. The van der Waals surface area contributed by atoms with Crippen LogP contribution in [0.2, 0.25) is 0 Å². The van der Waals surface area contributed by atoms with E-state index < -0.39 is 30.4 Å². The van der Waals surface area contributed by atoms with Crippen molar-refractivity contribution in [2.75, 3.05) is 23.4 Å². The van der Waals surface area contributed by atoms with Gasteiger partial charge in [-0.1, -0.05) is 0 Å². The summed E-state index contributed by atoms with van der Waals surface area (Å²) in [6.45, 7) is 4.57. The number of esters is 2. The van der Waals surface area contributed by atoms with Crippen LogP contribution in [-0.2, 0) is 23.9 Å². The van der Waals surface area contributed by atoms with E-state index in [1.165, 1.54) is 11.8 Å². The smallest absolute Gasteiger partial charge is 0.338 e. The summed E-state index contributed by atoms with van der Waals surface area (Å²) >= 11 is 0. The fourth-order valence-electron chi connectivity index (χ4n) is 3.41. The molecule has 3 rings (SSSR count). The Morgan fingerprint density at radius 1 is 1.00 bits per heavy atom. The summed E-state index contributed by atoms with van der Waals surface area (Å²) < 4.78 is 10.2. The van der Waals surface area contributed by atoms with Gasteiger partial charge in [-0.2, -0.15) is 0 Å². The maximum Gasteiger partial charge on any atom is 0.338 e. The van der Waals surface area contributed by atoms with Crippen LogP contribution in [0.15, 0.2) is 48.5 Å². The van der Waals surface area contributed by atoms with E-state index in [0.29, 0.717) is 22.5 Å². The molecule has 1 heterocycles. The van der Waals surface area contributed by atoms with E-state index in [9.17, 15) is 24.0 Å². The first kappa shape index (κ1) is 24.6. The molecule has 0 unspecified atom stereocenters. The second-order valence-electron chi connectivity index (χ2n) is 8.20. The molecule has 2 aromatic carbocycles. The number of benzene rings is 2. The van der Waals surface area contributed by atoms with Crippen LogP contribution in [0.4, 0.5) is 11.4 Å². The van der Waals surface area contributed by atoms with Gasteiger partial charge in [-0.05, 0) is 69.3 Å². The first-order chi connectivity index (χ1) is 16.1. The lowest BCUT2D eigenvalue weighted by molar-refractivity contribution is -0.151. The number of amides is 2. The molecule has 0 saturated carbocycles. The maximum absolute atomic E-state index is 12.4. The summed E-state index contributed by atoms with van der Waals surface area (Å²) in [4.78, 5) is 61.6. The molecule has 0 aromatic heterocycles. The highest BCUT2D eigenvalue weighted by atomic mass is 16.5. The highest BCUT2D eigenvalue weighted by molar-refractivity contribution is 6.00. The number of hydrogen-bond donors (Lipinski definition) is 1. The predicted molar refractivity (Wildman–Crippen MR) is 123 cm³/mol. The number of Topliss-reactive ketones (excluding diaryl/α,β-unsaturated/α-hetero) is 1. The van der Waals surface area contributed by atoms with Crippen LogP contribution in [0.5, 0.6) is 0 Å². The van der Waals surface area contributed by atoms with Gasteiger partial charge in [0.25, 0.3) is 5.91 Å². The van der Waals surface area contributed by atoms with E-state index in [2.05, 4.69) is 5.32 Å². The molecule has 34 heavy (non-hydrogen) atoms. The molecule has 9 nitrogen and oxygen atoms in total. The molecule has 9 heteroatoms. The van der Waals surface area contributed by atoms with Crippen molar-refractivity contribution >= 4 is 40.9 Å². The van der Waals surface area contributed by atoms with Crippen molar-refractivity contribution in [1.29, 1.82) is 0 Å². The van der Waals surface area contributed by atoms with Gasteiger partial charge in [0.05, 0.1) is 17.6 Å². The zero-order chi connectivity index (χ0) is 24.8. The van der Waals surface area contributed by atoms with Crippen molar-refractivity contribution in [3.8, 4) is 0 Å². The minimum absolute atomic E-state index is 0.0376. The monoisotopic (exact) mass is 466 g/mol. The number of nitrogens with zero attached hydrogens (tertiary/aromatic N) is 1. The average Bonchev–Trinajstić information content (AvgIpc) is 3.19. The predicted octanol–water partition coefficient (Wildman–Crippen LogP) is 2.99. The largest absolute Gasteiger partial charge is 0.459 e. The first-order valence-electron chi connectivity index (χ1n) is 10.8. The Hall–Kier alpha value is -4.01. The van der Waals surface area contributed by atoms with E-state index in [1.807, 2.05) is 0 Å². The Bertz CT molecular complexity index is 1090. The van der Waals surface area contributed by atoms with Crippen LogP contribution in [0.1, 0.15) is 47.9 Å².